The molecule has 0 amide bonds. The van der Waals surface area contributed by atoms with Crippen LogP contribution < -0.4 is 0 Å². The van der Waals surface area contributed by atoms with Gasteiger partial charge in [-0.15, -0.1) is 0 Å². The first-order valence-corrected chi connectivity index (χ1v) is 5.79. The van der Waals surface area contributed by atoms with Crippen molar-refractivity contribution >= 4 is 0 Å². The van der Waals surface area contributed by atoms with Gasteiger partial charge in [-0.2, -0.15) is 0 Å². The summed E-state index contributed by atoms with van der Waals surface area (Å²) in [4.78, 5) is 0. The number of hydrogen-bond acceptors (Lipinski definition) is 0. The molecule has 0 aliphatic carbocycles. The molecule has 0 atom stereocenters. The first kappa shape index (κ1) is 16.6. The summed E-state index contributed by atoms with van der Waals surface area (Å²) >= 11 is 0. The van der Waals surface area contributed by atoms with Gasteiger partial charge in [-0.1, -0.05) is 52.8 Å². The molecule has 0 saturated heterocycles. The summed E-state index contributed by atoms with van der Waals surface area (Å²) in [6.07, 6.45) is 8.10. The van der Waals surface area contributed by atoms with Crippen LogP contribution in [0.3, 0.4) is 0 Å². The van der Waals surface area contributed by atoms with Crippen molar-refractivity contribution in [3.8, 4) is 0 Å². The highest BCUT2D eigenvalue weighted by atomic mass is 19.1. The Morgan fingerprint density at radius 2 is 1.73 bits per heavy atom. The van der Waals surface area contributed by atoms with E-state index >= 15 is 0 Å². The van der Waals surface area contributed by atoms with Gasteiger partial charge in [0, 0.05) is 0 Å². The lowest BCUT2D eigenvalue weighted by Gasteiger charge is -2.03. The minimum atomic E-state index is -0.115. The van der Waals surface area contributed by atoms with E-state index in [-0.39, 0.29) is 11.7 Å². The second-order valence-corrected chi connectivity index (χ2v) is 3.38. The van der Waals surface area contributed by atoms with Gasteiger partial charge in [0.15, 0.2) is 0 Å². The zero-order valence-corrected chi connectivity index (χ0v) is 11.0. The second-order valence-electron chi connectivity index (χ2n) is 3.38. The molecule has 0 N–H and O–H groups in total. The molecule has 0 heterocycles. The average Bonchev–Trinajstić information content (AvgIpc) is 2.25. The molecule has 0 aromatic rings. The minimum absolute atomic E-state index is 0.115. The lowest BCUT2D eigenvalue weighted by Crippen LogP contribution is -1.90. The molecule has 0 rings (SSSR count). The Hall–Kier alpha value is -0.850. The van der Waals surface area contributed by atoms with Crippen LogP contribution in [0.25, 0.3) is 0 Å². The van der Waals surface area contributed by atoms with Crippen molar-refractivity contribution in [2.45, 2.75) is 48.0 Å². The van der Waals surface area contributed by atoms with Crippen molar-refractivity contribution in [2.24, 2.45) is 5.92 Å². The molecule has 88 valence electrons. The minimum Gasteiger partial charge on any atom is -0.207 e. The summed E-state index contributed by atoms with van der Waals surface area (Å²) in [5.74, 6) is 0.163. The van der Waals surface area contributed by atoms with Gasteiger partial charge < -0.3 is 0 Å². The molecule has 1 heteroatoms. The lowest BCUT2D eigenvalue weighted by atomic mass is 10.0. The molecule has 0 fully saturated rings. The molecular weight excluding hydrogens is 187 g/mol. The smallest absolute Gasteiger partial charge is 0.122 e. The SMILES string of the molecule is CC.CC/C=C/C=C\C(F)=C(/C)C(C)C. The van der Waals surface area contributed by atoms with Crippen LogP contribution in [0.2, 0.25) is 0 Å². The van der Waals surface area contributed by atoms with E-state index in [1.807, 2.05) is 46.8 Å². The maximum atomic E-state index is 13.2. The molecule has 0 bridgehead atoms. The molecule has 0 nitrogen and oxygen atoms in total. The van der Waals surface area contributed by atoms with Gasteiger partial charge in [0.25, 0.3) is 0 Å². The molecule has 0 spiro atoms. The molecule has 0 radical (unpaired) electrons. The summed E-state index contributed by atoms with van der Waals surface area (Å²) in [5, 5.41) is 0. The molecule has 0 aliphatic rings. The quantitative estimate of drug-likeness (QED) is 0.545. The van der Waals surface area contributed by atoms with Crippen LogP contribution in [0.15, 0.2) is 35.7 Å². The predicted molar refractivity (Wildman–Crippen MR) is 68.6 cm³/mol. The van der Waals surface area contributed by atoms with E-state index in [0.717, 1.165) is 12.0 Å². The van der Waals surface area contributed by atoms with E-state index in [2.05, 4.69) is 6.92 Å². The van der Waals surface area contributed by atoms with Gasteiger partial charge in [0.1, 0.15) is 5.83 Å². The van der Waals surface area contributed by atoms with Crippen molar-refractivity contribution in [1.82, 2.24) is 0 Å². The Morgan fingerprint density at radius 1 is 1.20 bits per heavy atom. The first-order chi connectivity index (χ1) is 7.09. The zero-order valence-electron chi connectivity index (χ0n) is 11.0. The summed E-state index contributed by atoms with van der Waals surface area (Å²) in [5.41, 5.74) is 0.807. The third kappa shape index (κ3) is 9.45. The second kappa shape index (κ2) is 11.2. The van der Waals surface area contributed by atoms with E-state index in [1.165, 1.54) is 6.08 Å². The average molecular weight is 212 g/mol. The van der Waals surface area contributed by atoms with Gasteiger partial charge in [0.2, 0.25) is 0 Å². The molecule has 0 aromatic carbocycles. The number of allylic oxidation sites excluding steroid dienone is 6. The van der Waals surface area contributed by atoms with Crippen molar-refractivity contribution < 1.29 is 4.39 Å². The summed E-state index contributed by atoms with van der Waals surface area (Å²) in [7, 11) is 0. The maximum Gasteiger partial charge on any atom is 0.122 e. The van der Waals surface area contributed by atoms with E-state index in [9.17, 15) is 4.39 Å². The maximum absolute atomic E-state index is 13.2. The Labute approximate surface area is 94.6 Å². The fourth-order valence-corrected chi connectivity index (χ4v) is 0.762. The Kier molecular flexibility index (Phi) is 12.4. The van der Waals surface area contributed by atoms with Crippen molar-refractivity contribution in [3.63, 3.8) is 0 Å². The van der Waals surface area contributed by atoms with Crippen LogP contribution in [0.1, 0.15) is 48.0 Å². The Balaban J connectivity index is 0. The fraction of sp³-hybridized carbons (Fsp3) is 0.571. The van der Waals surface area contributed by atoms with Crippen LogP contribution in [0.4, 0.5) is 4.39 Å². The molecule has 0 aromatic heterocycles. The van der Waals surface area contributed by atoms with Crippen molar-refractivity contribution in [3.05, 3.63) is 35.7 Å². The van der Waals surface area contributed by atoms with Crippen LogP contribution in [0, 0.1) is 5.92 Å². The number of rotatable bonds is 4. The molecule has 0 unspecified atom stereocenters. The zero-order chi connectivity index (χ0) is 12.3. The normalized spacial score (nSPS) is 13.1. The fourth-order valence-electron chi connectivity index (χ4n) is 0.762. The van der Waals surface area contributed by atoms with Crippen LogP contribution >= 0.6 is 0 Å². The monoisotopic (exact) mass is 212 g/mol. The van der Waals surface area contributed by atoms with Gasteiger partial charge in [-0.3, -0.25) is 0 Å². The van der Waals surface area contributed by atoms with Gasteiger partial charge >= 0.3 is 0 Å². The van der Waals surface area contributed by atoms with E-state index < -0.39 is 0 Å². The van der Waals surface area contributed by atoms with E-state index in [0.29, 0.717) is 0 Å². The van der Waals surface area contributed by atoms with Crippen LogP contribution in [0.5, 0.6) is 0 Å². The Bertz CT molecular complexity index is 219. The van der Waals surface area contributed by atoms with E-state index in [1.54, 1.807) is 6.08 Å². The van der Waals surface area contributed by atoms with Gasteiger partial charge in [0.05, 0.1) is 0 Å². The molecule has 15 heavy (non-hydrogen) atoms. The molecule has 0 saturated carbocycles. The molecular formula is C14H25F. The summed E-state index contributed by atoms with van der Waals surface area (Å²) < 4.78 is 13.2. The highest BCUT2D eigenvalue weighted by Gasteiger charge is 2.01. The van der Waals surface area contributed by atoms with Crippen molar-refractivity contribution in [2.75, 3.05) is 0 Å². The molecule has 0 aliphatic heterocycles. The lowest BCUT2D eigenvalue weighted by molar-refractivity contribution is 0.619. The topological polar surface area (TPSA) is 0 Å². The van der Waals surface area contributed by atoms with Gasteiger partial charge in [-0.25, -0.2) is 4.39 Å². The highest BCUT2D eigenvalue weighted by Crippen LogP contribution is 2.15. The highest BCUT2D eigenvalue weighted by molar-refractivity contribution is 5.22. The number of halogens is 1. The standard InChI is InChI=1S/C12H19F.C2H6/c1-5-6-7-8-9-12(13)11(4)10(2)3;1-2/h6-10H,5H2,1-4H3;1-2H3/b7-6+,9-8-,12-11-;. The summed E-state index contributed by atoms with van der Waals surface area (Å²) in [6.45, 7) is 11.9. The van der Waals surface area contributed by atoms with Gasteiger partial charge in [-0.05, 0) is 30.9 Å². The Morgan fingerprint density at radius 3 is 2.13 bits per heavy atom. The summed E-state index contributed by atoms with van der Waals surface area (Å²) in [6, 6.07) is 0. The number of hydrogen-bond donors (Lipinski definition) is 0. The largest absolute Gasteiger partial charge is 0.207 e. The predicted octanol–water partition coefficient (Wildman–Crippen LogP) is 5.43. The van der Waals surface area contributed by atoms with Crippen molar-refractivity contribution in [1.29, 1.82) is 0 Å². The van der Waals surface area contributed by atoms with E-state index in [4.69, 9.17) is 0 Å². The third-order valence-electron chi connectivity index (χ3n) is 1.97. The third-order valence-corrected chi connectivity index (χ3v) is 1.97. The first-order valence-electron chi connectivity index (χ1n) is 5.79. The van der Waals surface area contributed by atoms with Crippen LogP contribution in [-0.2, 0) is 0 Å². The van der Waals surface area contributed by atoms with Crippen LogP contribution in [-0.4, -0.2) is 0 Å².